The second-order valence-electron chi connectivity index (χ2n) is 8.52. The molecule has 1 fully saturated rings. The number of thioether (sulfide) groups is 1. The zero-order valence-corrected chi connectivity index (χ0v) is 23.3. The maximum atomic E-state index is 12.8. The molecule has 1 aliphatic heterocycles. The van der Waals surface area contributed by atoms with Crippen molar-refractivity contribution in [3.63, 3.8) is 0 Å². The van der Waals surface area contributed by atoms with Gasteiger partial charge < -0.3 is 19.5 Å². The minimum Gasteiger partial charge on any atom is -0.411 e. The van der Waals surface area contributed by atoms with E-state index < -0.39 is 0 Å². The molecule has 11 heteroatoms. The first-order valence-electron chi connectivity index (χ1n) is 11.9. The Hall–Kier alpha value is -3.34. The summed E-state index contributed by atoms with van der Waals surface area (Å²) in [5, 5.41) is 11.7. The van der Waals surface area contributed by atoms with Crippen LogP contribution in [0.5, 0.6) is 0 Å². The molecule has 5 rings (SSSR count). The van der Waals surface area contributed by atoms with Gasteiger partial charge in [-0.05, 0) is 60.7 Å². The summed E-state index contributed by atoms with van der Waals surface area (Å²) in [7, 11) is 0. The van der Waals surface area contributed by atoms with Crippen LogP contribution in [0.1, 0.15) is 10.4 Å². The third-order valence-electron chi connectivity index (χ3n) is 6.01. The number of halogens is 2. The van der Waals surface area contributed by atoms with Gasteiger partial charge in [-0.2, -0.15) is 0 Å². The highest BCUT2D eigenvalue weighted by Crippen LogP contribution is 2.29. The number of hydrogen-bond acceptors (Lipinski definition) is 7. The Kier molecular flexibility index (Phi) is 8.31. The van der Waals surface area contributed by atoms with Gasteiger partial charge in [-0.1, -0.05) is 51.4 Å². The molecule has 0 aliphatic carbocycles. The summed E-state index contributed by atoms with van der Waals surface area (Å²) in [4.78, 5) is 29.3. The largest absolute Gasteiger partial charge is 0.411 e. The molecule has 0 radical (unpaired) electrons. The fraction of sp³-hybridized carbons (Fsp3) is 0.185. The van der Waals surface area contributed by atoms with Gasteiger partial charge in [-0.25, -0.2) is 0 Å². The smallest absolute Gasteiger partial charge is 0.277 e. The standard InChI is InChI=1S/C27H23BrClN5O3S/c28-19-7-5-18(6-8-19)26(36)34-15-13-33(14-16-34)21-11-9-20(10-12-21)30-24(35)17-38-27-32-31-25(37-27)22-3-1-2-4-23(22)29/h1-12H,13-17H2,(H,30,35). The average Bonchev–Trinajstić information content (AvgIpc) is 3.42. The molecular formula is C27H23BrClN5O3S. The van der Waals surface area contributed by atoms with Crippen LogP contribution in [0.2, 0.25) is 5.02 Å². The lowest BCUT2D eigenvalue weighted by atomic mass is 10.1. The van der Waals surface area contributed by atoms with Crippen LogP contribution < -0.4 is 10.2 Å². The van der Waals surface area contributed by atoms with Crippen molar-refractivity contribution in [1.29, 1.82) is 0 Å². The SMILES string of the molecule is O=C(CSc1nnc(-c2ccccc2Cl)o1)Nc1ccc(N2CCN(C(=O)c3ccc(Br)cc3)CC2)cc1. The zero-order valence-electron chi connectivity index (χ0n) is 20.1. The quantitative estimate of drug-likeness (QED) is 0.262. The number of hydrogen-bond donors (Lipinski definition) is 1. The highest BCUT2D eigenvalue weighted by Gasteiger charge is 2.22. The number of nitrogens with one attached hydrogen (secondary N) is 1. The lowest BCUT2D eigenvalue weighted by Gasteiger charge is -2.36. The Morgan fingerprint density at radius 1 is 0.947 bits per heavy atom. The number of rotatable bonds is 7. The van der Waals surface area contributed by atoms with Crippen LogP contribution in [-0.4, -0.2) is 58.8 Å². The molecule has 8 nitrogen and oxygen atoms in total. The van der Waals surface area contributed by atoms with E-state index in [1.165, 1.54) is 0 Å². The van der Waals surface area contributed by atoms with E-state index in [2.05, 4.69) is 36.3 Å². The van der Waals surface area contributed by atoms with Gasteiger partial charge >= 0.3 is 0 Å². The van der Waals surface area contributed by atoms with Crippen molar-refractivity contribution in [3.8, 4) is 11.5 Å². The van der Waals surface area contributed by atoms with Crippen LogP contribution in [-0.2, 0) is 4.79 Å². The van der Waals surface area contributed by atoms with E-state index in [1.807, 2.05) is 65.6 Å². The van der Waals surface area contributed by atoms with Crippen molar-refractivity contribution >= 4 is 62.5 Å². The first-order valence-corrected chi connectivity index (χ1v) is 14.0. The van der Waals surface area contributed by atoms with Gasteiger partial charge in [0.15, 0.2) is 0 Å². The highest BCUT2D eigenvalue weighted by atomic mass is 79.9. The van der Waals surface area contributed by atoms with Crippen molar-refractivity contribution in [2.24, 2.45) is 0 Å². The van der Waals surface area contributed by atoms with Crippen LogP contribution >= 0.6 is 39.3 Å². The first-order chi connectivity index (χ1) is 18.5. The Morgan fingerprint density at radius 2 is 1.66 bits per heavy atom. The Balaban J connectivity index is 1.09. The molecule has 2 heterocycles. The van der Waals surface area contributed by atoms with Crippen LogP contribution in [0, 0.1) is 0 Å². The van der Waals surface area contributed by atoms with E-state index in [4.69, 9.17) is 16.0 Å². The van der Waals surface area contributed by atoms with Crippen molar-refractivity contribution in [3.05, 3.63) is 87.9 Å². The van der Waals surface area contributed by atoms with Crippen molar-refractivity contribution in [2.75, 3.05) is 42.1 Å². The van der Waals surface area contributed by atoms with E-state index in [9.17, 15) is 9.59 Å². The van der Waals surface area contributed by atoms with Crippen molar-refractivity contribution in [1.82, 2.24) is 15.1 Å². The molecule has 3 aromatic carbocycles. The zero-order chi connectivity index (χ0) is 26.5. The fourth-order valence-corrected chi connectivity index (χ4v) is 5.08. The van der Waals surface area contributed by atoms with Gasteiger partial charge in [0.05, 0.1) is 16.3 Å². The maximum Gasteiger partial charge on any atom is 0.277 e. The minimum atomic E-state index is -0.180. The minimum absolute atomic E-state index is 0.0497. The third kappa shape index (κ3) is 6.38. The number of piperazine rings is 1. The molecule has 1 N–H and O–H groups in total. The van der Waals surface area contributed by atoms with Crippen molar-refractivity contribution in [2.45, 2.75) is 5.22 Å². The molecule has 0 saturated carbocycles. The molecule has 0 unspecified atom stereocenters. The van der Waals surface area contributed by atoms with E-state index >= 15 is 0 Å². The monoisotopic (exact) mass is 611 g/mol. The van der Waals surface area contributed by atoms with Gasteiger partial charge in [0, 0.05) is 47.6 Å². The lowest BCUT2D eigenvalue weighted by molar-refractivity contribution is -0.113. The van der Waals surface area contributed by atoms with E-state index in [0.717, 1.165) is 35.0 Å². The Labute approximate surface area is 237 Å². The summed E-state index contributed by atoms with van der Waals surface area (Å²) in [6.45, 7) is 2.78. The first kappa shape index (κ1) is 26.3. The normalized spacial score (nSPS) is 13.4. The lowest BCUT2D eigenvalue weighted by Crippen LogP contribution is -2.48. The highest BCUT2D eigenvalue weighted by molar-refractivity contribution is 9.10. The summed E-state index contributed by atoms with van der Waals surface area (Å²) in [6, 6.07) is 22.3. The number of anilines is 2. The Morgan fingerprint density at radius 3 is 2.37 bits per heavy atom. The average molecular weight is 613 g/mol. The van der Waals surface area contributed by atoms with Gasteiger partial charge in [0.1, 0.15) is 0 Å². The van der Waals surface area contributed by atoms with Crippen LogP contribution in [0.25, 0.3) is 11.5 Å². The van der Waals surface area contributed by atoms with Crippen LogP contribution in [0.3, 0.4) is 0 Å². The molecule has 194 valence electrons. The molecule has 1 aliphatic rings. The van der Waals surface area contributed by atoms with Crippen molar-refractivity contribution < 1.29 is 14.0 Å². The number of amides is 2. The molecular weight excluding hydrogens is 590 g/mol. The molecule has 1 aromatic heterocycles. The molecule has 2 amide bonds. The molecule has 1 saturated heterocycles. The maximum absolute atomic E-state index is 12.8. The van der Waals surface area contributed by atoms with Crippen LogP contribution in [0.15, 0.2) is 86.9 Å². The van der Waals surface area contributed by atoms with E-state index in [-0.39, 0.29) is 17.6 Å². The molecule has 0 bridgehead atoms. The number of nitrogens with zero attached hydrogens (tertiary/aromatic N) is 4. The summed E-state index contributed by atoms with van der Waals surface area (Å²) >= 11 is 10.7. The number of carbonyl (C=O) groups excluding carboxylic acids is 2. The Bertz CT molecular complexity index is 1420. The summed E-state index contributed by atoms with van der Waals surface area (Å²) < 4.78 is 6.58. The van der Waals surface area contributed by atoms with Gasteiger partial charge in [0.2, 0.25) is 11.8 Å². The fourth-order valence-electron chi connectivity index (χ4n) is 4.03. The second kappa shape index (κ2) is 12.0. The van der Waals surface area contributed by atoms with Gasteiger partial charge in [0.25, 0.3) is 11.1 Å². The number of aromatic nitrogens is 2. The molecule has 0 atom stereocenters. The summed E-state index contributed by atoms with van der Waals surface area (Å²) in [6.07, 6.45) is 0. The number of carbonyl (C=O) groups is 2. The van der Waals surface area contributed by atoms with Gasteiger partial charge in [-0.15, -0.1) is 10.2 Å². The summed E-state index contributed by atoms with van der Waals surface area (Å²) in [5.41, 5.74) is 3.09. The molecule has 38 heavy (non-hydrogen) atoms. The predicted octanol–water partition coefficient (Wildman–Crippen LogP) is 5.85. The third-order valence-corrected chi connectivity index (χ3v) is 7.69. The van der Waals surface area contributed by atoms with Crippen LogP contribution in [0.4, 0.5) is 11.4 Å². The topological polar surface area (TPSA) is 91.6 Å². The van der Waals surface area contributed by atoms with E-state index in [1.54, 1.807) is 12.1 Å². The predicted molar refractivity (Wildman–Crippen MR) is 153 cm³/mol. The molecule has 0 spiro atoms. The summed E-state index contributed by atoms with van der Waals surface area (Å²) in [5.74, 6) is 0.307. The van der Waals surface area contributed by atoms with Gasteiger partial charge in [-0.3, -0.25) is 9.59 Å². The molecule has 4 aromatic rings. The van der Waals surface area contributed by atoms with E-state index in [0.29, 0.717) is 46.0 Å². The number of benzene rings is 3. The second-order valence-corrected chi connectivity index (χ2v) is 10.8.